The highest BCUT2D eigenvalue weighted by Crippen LogP contribution is 2.44. The Morgan fingerprint density at radius 2 is 2.05 bits per heavy atom. The minimum atomic E-state index is -0.0710. The highest BCUT2D eigenvalue weighted by Gasteiger charge is 2.43. The monoisotopic (exact) mass is 291 g/mol. The fourth-order valence-corrected chi connectivity index (χ4v) is 3.61. The largest absolute Gasteiger partial charge is 0.361 e. The number of urea groups is 1. The lowest BCUT2D eigenvalue weighted by molar-refractivity contribution is 0.237. The van der Waals surface area contributed by atoms with Crippen LogP contribution in [0.5, 0.6) is 0 Å². The molecule has 1 heterocycles. The highest BCUT2D eigenvalue weighted by molar-refractivity contribution is 5.74. The zero-order valence-electron chi connectivity index (χ0n) is 12.9. The number of amides is 2. The molecular formula is C16H25N3O2. The molecule has 0 bridgehead atoms. The molecule has 2 aliphatic rings. The van der Waals surface area contributed by atoms with Crippen LogP contribution in [0.25, 0.3) is 0 Å². The molecule has 2 N–H and O–H groups in total. The molecule has 3 rings (SSSR count). The van der Waals surface area contributed by atoms with Gasteiger partial charge in [-0.05, 0) is 32.1 Å². The normalized spacial score (nSPS) is 25.6. The van der Waals surface area contributed by atoms with Crippen LogP contribution < -0.4 is 10.6 Å². The maximum absolute atomic E-state index is 12.0. The first kappa shape index (κ1) is 14.4. The minimum Gasteiger partial charge on any atom is -0.361 e. The summed E-state index contributed by atoms with van der Waals surface area (Å²) >= 11 is 0. The predicted molar refractivity (Wildman–Crippen MR) is 79.8 cm³/mol. The van der Waals surface area contributed by atoms with Gasteiger partial charge < -0.3 is 15.2 Å². The molecule has 2 aliphatic carbocycles. The van der Waals surface area contributed by atoms with E-state index in [-0.39, 0.29) is 6.03 Å². The van der Waals surface area contributed by atoms with Crippen LogP contribution in [0.4, 0.5) is 4.79 Å². The SMILES string of the molecule is Cc1noc(C)c1CNC(=O)N[C@@H]1C[C@H]1C1CCCCC1. The highest BCUT2D eigenvalue weighted by atomic mass is 16.5. The summed E-state index contributed by atoms with van der Waals surface area (Å²) in [4.78, 5) is 12.0. The van der Waals surface area contributed by atoms with E-state index in [4.69, 9.17) is 4.52 Å². The van der Waals surface area contributed by atoms with E-state index in [1.807, 2.05) is 13.8 Å². The van der Waals surface area contributed by atoms with Gasteiger partial charge >= 0.3 is 6.03 Å². The maximum Gasteiger partial charge on any atom is 0.315 e. The first-order valence-corrected chi connectivity index (χ1v) is 8.11. The Bertz CT molecular complexity index is 486. The molecule has 5 heteroatoms. The van der Waals surface area contributed by atoms with Gasteiger partial charge in [-0.15, -0.1) is 0 Å². The number of carbonyl (C=O) groups is 1. The molecule has 0 saturated heterocycles. The van der Waals surface area contributed by atoms with E-state index < -0.39 is 0 Å². The van der Waals surface area contributed by atoms with Crippen molar-refractivity contribution in [1.82, 2.24) is 15.8 Å². The van der Waals surface area contributed by atoms with Gasteiger partial charge in [-0.3, -0.25) is 0 Å². The Balaban J connectivity index is 1.41. The number of nitrogens with one attached hydrogen (secondary N) is 2. The van der Waals surface area contributed by atoms with Crippen LogP contribution in [0.15, 0.2) is 4.52 Å². The van der Waals surface area contributed by atoms with Crippen molar-refractivity contribution in [3.8, 4) is 0 Å². The summed E-state index contributed by atoms with van der Waals surface area (Å²) in [5.74, 6) is 2.33. The maximum atomic E-state index is 12.0. The van der Waals surface area contributed by atoms with E-state index in [2.05, 4.69) is 15.8 Å². The lowest BCUT2D eigenvalue weighted by Gasteiger charge is -2.21. The van der Waals surface area contributed by atoms with Gasteiger partial charge in [0.2, 0.25) is 0 Å². The van der Waals surface area contributed by atoms with Crippen LogP contribution in [-0.2, 0) is 6.54 Å². The summed E-state index contributed by atoms with van der Waals surface area (Å²) < 4.78 is 5.10. The van der Waals surface area contributed by atoms with Gasteiger partial charge in [0.25, 0.3) is 0 Å². The standard InChI is InChI=1S/C16H25N3O2/c1-10-14(11(2)21-19-10)9-17-16(20)18-15-8-13(15)12-6-4-3-5-7-12/h12-13,15H,3-9H2,1-2H3,(H2,17,18,20)/t13-,15+/m0/s1. The molecular weight excluding hydrogens is 266 g/mol. The van der Waals surface area contributed by atoms with E-state index in [0.717, 1.165) is 35.3 Å². The molecule has 2 saturated carbocycles. The Labute approximate surface area is 125 Å². The molecule has 2 fully saturated rings. The van der Waals surface area contributed by atoms with Gasteiger partial charge in [0.15, 0.2) is 0 Å². The molecule has 0 unspecified atom stereocenters. The third kappa shape index (κ3) is 3.39. The van der Waals surface area contributed by atoms with Gasteiger partial charge in [-0.1, -0.05) is 37.3 Å². The molecule has 1 aromatic rings. The van der Waals surface area contributed by atoms with E-state index in [9.17, 15) is 4.79 Å². The fourth-order valence-electron chi connectivity index (χ4n) is 3.61. The lowest BCUT2D eigenvalue weighted by Crippen LogP contribution is -2.37. The van der Waals surface area contributed by atoms with Crippen molar-refractivity contribution in [3.63, 3.8) is 0 Å². The van der Waals surface area contributed by atoms with Gasteiger partial charge in [0.05, 0.1) is 5.69 Å². The molecule has 0 radical (unpaired) electrons. The summed E-state index contributed by atoms with van der Waals surface area (Å²) in [5.41, 5.74) is 1.82. The molecule has 2 atom stereocenters. The molecule has 0 aliphatic heterocycles. The second kappa shape index (κ2) is 6.08. The van der Waals surface area contributed by atoms with Gasteiger partial charge in [-0.25, -0.2) is 4.79 Å². The van der Waals surface area contributed by atoms with Crippen LogP contribution in [0.3, 0.4) is 0 Å². The zero-order chi connectivity index (χ0) is 14.8. The van der Waals surface area contributed by atoms with E-state index in [1.165, 1.54) is 32.1 Å². The van der Waals surface area contributed by atoms with Crippen LogP contribution in [0.1, 0.15) is 55.5 Å². The summed E-state index contributed by atoms with van der Waals surface area (Å²) in [6.45, 7) is 4.24. The van der Waals surface area contributed by atoms with E-state index in [1.54, 1.807) is 0 Å². The van der Waals surface area contributed by atoms with Gasteiger partial charge in [0.1, 0.15) is 5.76 Å². The van der Waals surface area contributed by atoms with E-state index in [0.29, 0.717) is 12.6 Å². The van der Waals surface area contributed by atoms with Crippen molar-refractivity contribution in [2.24, 2.45) is 11.8 Å². The number of hydrogen-bond donors (Lipinski definition) is 2. The second-order valence-electron chi connectivity index (χ2n) is 6.53. The zero-order valence-corrected chi connectivity index (χ0v) is 12.9. The van der Waals surface area contributed by atoms with Crippen LogP contribution >= 0.6 is 0 Å². The van der Waals surface area contributed by atoms with Crippen LogP contribution in [0, 0.1) is 25.7 Å². The predicted octanol–water partition coefficient (Wildman–Crippen LogP) is 3.06. The average molecular weight is 291 g/mol. The second-order valence-corrected chi connectivity index (χ2v) is 6.53. The summed E-state index contributed by atoms with van der Waals surface area (Å²) in [6, 6.07) is 0.316. The first-order chi connectivity index (χ1) is 10.1. The van der Waals surface area contributed by atoms with Crippen molar-refractivity contribution >= 4 is 6.03 Å². The molecule has 21 heavy (non-hydrogen) atoms. The average Bonchev–Trinajstić information content (AvgIpc) is 3.17. The van der Waals surface area contributed by atoms with Crippen molar-refractivity contribution < 1.29 is 9.32 Å². The quantitative estimate of drug-likeness (QED) is 0.896. The van der Waals surface area contributed by atoms with Crippen molar-refractivity contribution in [2.75, 3.05) is 0 Å². The summed E-state index contributed by atoms with van der Waals surface area (Å²) in [5, 5.41) is 9.91. The first-order valence-electron chi connectivity index (χ1n) is 8.11. The number of rotatable bonds is 4. The molecule has 116 valence electrons. The molecule has 0 spiro atoms. The molecule has 2 amide bonds. The third-order valence-corrected chi connectivity index (χ3v) is 5.02. The molecule has 5 nitrogen and oxygen atoms in total. The van der Waals surface area contributed by atoms with Crippen molar-refractivity contribution in [3.05, 3.63) is 17.0 Å². The fraction of sp³-hybridized carbons (Fsp3) is 0.750. The third-order valence-electron chi connectivity index (χ3n) is 5.02. The molecule has 1 aromatic heterocycles. The Hall–Kier alpha value is -1.52. The lowest BCUT2D eigenvalue weighted by atomic mass is 9.85. The summed E-state index contributed by atoms with van der Waals surface area (Å²) in [7, 11) is 0. The van der Waals surface area contributed by atoms with E-state index >= 15 is 0 Å². The number of nitrogens with zero attached hydrogens (tertiary/aromatic N) is 1. The number of hydrogen-bond acceptors (Lipinski definition) is 3. The Kier molecular flexibility index (Phi) is 4.17. The van der Waals surface area contributed by atoms with Crippen LogP contribution in [0.2, 0.25) is 0 Å². The Morgan fingerprint density at radius 3 is 2.71 bits per heavy atom. The minimum absolute atomic E-state index is 0.0710. The Morgan fingerprint density at radius 1 is 1.29 bits per heavy atom. The number of aryl methyl sites for hydroxylation is 2. The smallest absolute Gasteiger partial charge is 0.315 e. The van der Waals surface area contributed by atoms with Crippen molar-refractivity contribution in [1.29, 1.82) is 0 Å². The van der Waals surface area contributed by atoms with Crippen LogP contribution in [-0.4, -0.2) is 17.2 Å². The van der Waals surface area contributed by atoms with Gasteiger partial charge in [0, 0.05) is 18.2 Å². The topological polar surface area (TPSA) is 67.2 Å². The number of carbonyl (C=O) groups excluding carboxylic acids is 1. The number of aromatic nitrogens is 1. The van der Waals surface area contributed by atoms with Gasteiger partial charge in [-0.2, -0.15) is 0 Å². The summed E-state index contributed by atoms with van der Waals surface area (Å²) in [6.07, 6.45) is 7.98. The van der Waals surface area contributed by atoms with Crippen molar-refractivity contribution in [2.45, 2.75) is 65.0 Å². The molecule has 0 aromatic carbocycles.